The van der Waals surface area contributed by atoms with Crippen molar-refractivity contribution in [3.63, 3.8) is 0 Å². The number of esters is 1. The number of fused-ring (bicyclic) bond motifs is 5. The van der Waals surface area contributed by atoms with Crippen LogP contribution in [0.3, 0.4) is 0 Å². The molecule has 0 spiro atoms. The van der Waals surface area contributed by atoms with Crippen molar-refractivity contribution < 1.29 is 65.0 Å². The Balaban J connectivity index is 1.10. The number of carbonyl (C=O) groups excluding carboxylic acids is 1. The van der Waals surface area contributed by atoms with Gasteiger partial charge in [-0.3, -0.25) is 37.0 Å². The number of phenolic OH excluding ortho intramolecular Hbond substituents is 1. The number of halogens is 2. The van der Waals surface area contributed by atoms with Crippen LogP contribution in [0.4, 0.5) is 14.6 Å². The zero-order valence-corrected chi connectivity index (χ0v) is 32.4. The van der Waals surface area contributed by atoms with Crippen molar-refractivity contribution in [2.75, 3.05) is 18.9 Å². The maximum atomic E-state index is 16.5. The molecule has 3 fully saturated rings. The van der Waals surface area contributed by atoms with Crippen LogP contribution in [0, 0.1) is 0 Å². The van der Waals surface area contributed by atoms with Gasteiger partial charge in [-0.05, 0) is 53.3 Å². The Morgan fingerprint density at radius 3 is 2.27 bits per heavy atom. The molecule has 0 amide bonds. The van der Waals surface area contributed by atoms with Crippen molar-refractivity contribution in [1.82, 2.24) is 29.1 Å². The van der Waals surface area contributed by atoms with Crippen LogP contribution in [0.5, 0.6) is 11.5 Å². The minimum absolute atomic E-state index is 0.0263. The van der Waals surface area contributed by atoms with Crippen molar-refractivity contribution >= 4 is 49.0 Å². The van der Waals surface area contributed by atoms with E-state index in [2.05, 4.69) is 15.0 Å². The van der Waals surface area contributed by atoms with E-state index in [1.165, 1.54) is 59.4 Å². The number of imidazole rings is 1. The van der Waals surface area contributed by atoms with E-state index >= 15 is 8.78 Å². The molecular formula is C33H31F2N7O14P2S. The van der Waals surface area contributed by atoms with E-state index in [4.69, 9.17) is 38.0 Å². The van der Waals surface area contributed by atoms with Gasteiger partial charge in [0.2, 0.25) is 0 Å². The van der Waals surface area contributed by atoms with Crippen LogP contribution in [-0.4, -0.2) is 95.0 Å². The van der Waals surface area contributed by atoms with Crippen LogP contribution in [0.2, 0.25) is 0 Å². The zero-order chi connectivity index (χ0) is 41.6. The number of rotatable bonds is 7. The third-order valence-corrected chi connectivity index (χ3v) is 13.9. The fourth-order valence-corrected chi connectivity index (χ4v) is 10.6. The molecule has 26 heteroatoms. The van der Waals surface area contributed by atoms with Gasteiger partial charge in [-0.2, -0.15) is 0 Å². The number of aromatic hydroxyl groups is 1. The number of nitrogens with two attached hydrogens (primary N) is 1. The number of alkyl halides is 2. The van der Waals surface area contributed by atoms with E-state index in [1.807, 2.05) is 4.98 Å². The maximum Gasteiger partial charge on any atom is 0.472 e. The van der Waals surface area contributed by atoms with Gasteiger partial charge in [0.05, 0.1) is 25.1 Å². The number of nitrogens with zero attached hydrogens (tertiary/aromatic N) is 5. The maximum absolute atomic E-state index is 16.5. The molecule has 4 bridgehead atoms. The van der Waals surface area contributed by atoms with Crippen LogP contribution < -0.4 is 21.7 Å². The van der Waals surface area contributed by atoms with Gasteiger partial charge in [-0.25, -0.2) is 42.5 Å². The number of aromatic nitrogens is 6. The lowest BCUT2D eigenvalue weighted by Gasteiger charge is -2.27. The molecule has 8 rings (SSSR count). The van der Waals surface area contributed by atoms with Gasteiger partial charge < -0.3 is 29.9 Å². The number of nitrogen functional groups attached to an aromatic ring is 1. The molecule has 6 heterocycles. The standard InChI is InChI=1S/C33H31F2N7O14P2S/c34-23-21-12-51-58(49,59-13-16-1-7-19(8-2-16)52-32(45)17-3-5-18(43)6-4-17)56-27-24(35)20(54-31(27)42-15-39-25-28(36)37-14-38-29(25)42)11-50-57(47,48)55-26(23)30(53-21)41-10-9-22(44)40-33(41)46/h1-10,14-15,20-21,23-24,26-27,30-31,43H,11-13H2,(H,47,48)(H2,36,37,38)(H,40,44,46)/t20-,21-,23-,24-,26-,27-,30-,31-,58?/m1/s1. The van der Waals surface area contributed by atoms with Gasteiger partial charge in [-0.15, -0.1) is 0 Å². The molecule has 0 saturated carbocycles. The van der Waals surface area contributed by atoms with E-state index in [9.17, 15) is 33.5 Å². The van der Waals surface area contributed by atoms with Crippen molar-refractivity contribution in [3.05, 3.63) is 105 Å². The molecular weight excluding hydrogens is 850 g/mol. The van der Waals surface area contributed by atoms with Gasteiger partial charge in [0.25, 0.3) is 5.56 Å². The Hall–Kier alpha value is -4.87. The Bertz CT molecular complexity index is 2590. The molecule has 59 heavy (non-hydrogen) atoms. The van der Waals surface area contributed by atoms with Crippen LogP contribution in [0.1, 0.15) is 28.4 Å². The quantitative estimate of drug-likeness (QED) is 0.104. The molecule has 3 aliphatic rings. The topological polar surface area (TPSA) is 281 Å². The molecule has 3 aliphatic heterocycles. The zero-order valence-electron chi connectivity index (χ0n) is 29.8. The number of phosphoric ester groups is 1. The number of phenols is 1. The number of hydrogen-bond acceptors (Lipinski definition) is 18. The first-order valence-corrected chi connectivity index (χ1v) is 22.0. The summed E-state index contributed by atoms with van der Waals surface area (Å²) in [5.41, 5.74) is 4.89. The van der Waals surface area contributed by atoms with E-state index in [1.54, 1.807) is 0 Å². The van der Waals surface area contributed by atoms with Crippen molar-refractivity contribution in [3.8, 4) is 11.5 Å². The van der Waals surface area contributed by atoms with Gasteiger partial charge in [0.1, 0.15) is 47.8 Å². The Morgan fingerprint density at radius 1 is 0.915 bits per heavy atom. The van der Waals surface area contributed by atoms with Gasteiger partial charge in [0, 0.05) is 18.0 Å². The fraction of sp³-hybridized carbons (Fsp3) is 0.333. The highest BCUT2D eigenvalue weighted by Gasteiger charge is 2.55. The summed E-state index contributed by atoms with van der Waals surface area (Å²) in [6, 6.07) is 12.3. The molecule has 10 atom stereocenters. The van der Waals surface area contributed by atoms with E-state index in [0.29, 0.717) is 21.5 Å². The first kappa shape index (κ1) is 40.9. The van der Waals surface area contributed by atoms with Gasteiger partial charge >= 0.3 is 26.3 Å². The van der Waals surface area contributed by atoms with Crippen molar-refractivity contribution in [1.29, 1.82) is 0 Å². The first-order valence-electron chi connectivity index (χ1n) is 17.3. The predicted molar refractivity (Wildman–Crippen MR) is 199 cm³/mol. The summed E-state index contributed by atoms with van der Waals surface area (Å²) in [5, 5.41) is 9.50. The summed E-state index contributed by atoms with van der Waals surface area (Å²) in [4.78, 5) is 61.9. The highest BCUT2D eigenvalue weighted by atomic mass is 32.7. The predicted octanol–water partition coefficient (Wildman–Crippen LogP) is 3.31. The Morgan fingerprint density at radius 2 is 1.58 bits per heavy atom. The Labute approximate surface area is 333 Å². The molecule has 2 unspecified atom stereocenters. The number of nitrogens with one attached hydrogen (secondary N) is 1. The third kappa shape index (κ3) is 8.59. The van der Waals surface area contributed by atoms with Crippen LogP contribution in [0.25, 0.3) is 11.2 Å². The molecule has 0 aliphatic carbocycles. The number of benzene rings is 2. The van der Waals surface area contributed by atoms with Crippen LogP contribution in [-0.2, 0) is 42.5 Å². The lowest BCUT2D eigenvalue weighted by Crippen LogP contribution is -2.38. The van der Waals surface area contributed by atoms with E-state index in [-0.39, 0.29) is 39.8 Å². The number of hydrogen-bond donors (Lipinski definition) is 4. The Kier molecular flexibility index (Phi) is 11.3. The lowest BCUT2D eigenvalue weighted by molar-refractivity contribution is -0.0650. The van der Waals surface area contributed by atoms with Crippen molar-refractivity contribution in [2.24, 2.45) is 0 Å². The summed E-state index contributed by atoms with van der Waals surface area (Å²) in [7, 11) is -5.30. The average molecular weight is 882 g/mol. The summed E-state index contributed by atoms with van der Waals surface area (Å²) in [5.74, 6) is -0.742. The number of aromatic amines is 1. The van der Waals surface area contributed by atoms with Crippen molar-refractivity contribution in [2.45, 2.75) is 55.0 Å². The second-order valence-electron chi connectivity index (χ2n) is 13.1. The minimum Gasteiger partial charge on any atom is -0.508 e. The number of anilines is 1. The highest BCUT2D eigenvalue weighted by molar-refractivity contribution is 8.54. The largest absolute Gasteiger partial charge is 0.508 e. The number of H-pyrrole nitrogens is 1. The molecule has 0 radical (unpaired) electrons. The normalized spacial score (nSPS) is 31.2. The SMILES string of the molecule is Nc1ncnc2c1ncn2[C@@H]1O[C@@H]2COP(=O)(O)O[C@@H]3[C@H](F)[C@@H](COP(=O)(SCc4ccc(OC(=O)c5ccc(O)cc5)cc4)O[C@@H]1[C@@H]2F)O[C@H]3n1ccc(=O)[nH]c1=O. The highest BCUT2D eigenvalue weighted by Crippen LogP contribution is 2.65. The minimum atomic E-state index is -5.30. The molecule has 5 aromatic rings. The fourth-order valence-electron chi connectivity index (χ4n) is 6.35. The smallest absolute Gasteiger partial charge is 0.472 e. The summed E-state index contributed by atoms with van der Waals surface area (Å²) in [6.07, 6.45) is -12.0. The lowest BCUT2D eigenvalue weighted by atomic mass is 10.1. The second kappa shape index (κ2) is 16.3. The molecule has 21 nitrogen and oxygen atoms in total. The van der Waals surface area contributed by atoms with E-state index < -0.39 is 94.3 Å². The number of ether oxygens (including phenoxy) is 3. The summed E-state index contributed by atoms with van der Waals surface area (Å²) < 4.78 is 102. The number of carbonyl (C=O) groups is 1. The van der Waals surface area contributed by atoms with Gasteiger partial charge in [-0.1, -0.05) is 12.1 Å². The average Bonchev–Trinajstić information content (AvgIpc) is 3.86. The van der Waals surface area contributed by atoms with Crippen LogP contribution in [0.15, 0.2) is 83.0 Å². The third-order valence-electron chi connectivity index (χ3n) is 9.25. The van der Waals surface area contributed by atoms with E-state index in [0.717, 1.165) is 18.6 Å². The molecule has 3 saturated heterocycles. The van der Waals surface area contributed by atoms with Gasteiger partial charge in [0.15, 0.2) is 36.3 Å². The molecule has 2 aromatic carbocycles. The number of phosphoric acid groups is 1. The molecule has 312 valence electrons. The molecule has 5 N–H and O–H groups in total. The summed E-state index contributed by atoms with van der Waals surface area (Å²) in [6.45, 7) is -6.56. The second-order valence-corrected chi connectivity index (χ2v) is 18.6. The van der Waals surface area contributed by atoms with Crippen LogP contribution >= 0.6 is 26.0 Å². The monoisotopic (exact) mass is 881 g/mol. The summed E-state index contributed by atoms with van der Waals surface area (Å²) >= 11 is 0.571. The molecule has 3 aromatic heterocycles. The first-order chi connectivity index (χ1) is 28.2.